The van der Waals surface area contributed by atoms with Crippen LogP contribution >= 0.6 is 0 Å². The molecule has 0 unspecified atom stereocenters. The van der Waals surface area contributed by atoms with Crippen LogP contribution < -0.4 is 5.32 Å². The van der Waals surface area contributed by atoms with Crippen molar-refractivity contribution < 1.29 is 15.0 Å². The van der Waals surface area contributed by atoms with Gasteiger partial charge in [-0.05, 0) is 0 Å². The van der Waals surface area contributed by atoms with Crippen molar-refractivity contribution in [2.75, 3.05) is 18.5 Å². The summed E-state index contributed by atoms with van der Waals surface area (Å²) in [6.07, 6.45) is 0.909. The number of aliphatic hydroxyl groups excluding tert-OH is 1. The summed E-state index contributed by atoms with van der Waals surface area (Å²) in [7, 11) is 0. The molecule has 0 aromatic carbocycles. The number of nitrogens with one attached hydrogen (secondary N) is 1. The molecule has 0 saturated heterocycles. The summed E-state index contributed by atoms with van der Waals surface area (Å²) in [4.78, 5) is 23.0. The Bertz CT molecular complexity index is 421. The number of pyridine rings is 1. The van der Waals surface area contributed by atoms with E-state index < -0.39 is 21.2 Å². The molecular formula is C7H8N4O5. The van der Waals surface area contributed by atoms with Gasteiger partial charge in [0.05, 0.1) is 22.5 Å². The first-order valence-corrected chi connectivity index (χ1v) is 4.20. The number of aliphatic hydroxyl groups is 1. The normalized spacial score (nSPS) is 9.81. The average molecular weight is 228 g/mol. The van der Waals surface area contributed by atoms with Gasteiger partial charge in [-0.1, -0.05) is 0 Å². The van der Waals surface area contributed by atoms with E-state index >= 15 is 0 Å². The number of hydrogen-bond donors (Lipinski definition) is 2. The zero-order valence-electron chi connectivity index (χ0n) is 7.99. The maximum Gasteiger partial charge on any atom is 0.318 e. The van der Waals surface area contributed by atoms with E-state index in [1.807, 2.05) is 0 Å². The standard InChI is InChI=1S/C7H8N4O5/c12-2-1-8-7-6(11(15)16)3-5(4-9-7)10(13)14/h3-4,12H,1-2H2,(H,8,9). The number of nitro groups is 2. The summed E-state index contributed by atoms with van der Waals surface area (Å²) in [5.74, 6) is -0.107. The van der Waals surface area contributed by atoms with Gasteiger partial charge in [-0.15, -0.1) is 0 Å². The third-order valence-corrected chi connectivity index (χ3v) is 1.66. The first kappa shape index (κ1) is 11.8. The van der Waals surface area contributed by atoms with Crippen LogP contribution in [-0.4, -0.2) is 33.1 Å². The molecule has 1 aromatic heterocycles. The summed E-state index contributed by atoms with van der Waals surface area (Å²) in [6, 6.07) is 0.812. The van der Waals surface area contributed by atoms with Gasteiger partial charge in [0.2, 0.25) is 5.82 Å². The predicted octanol–water partition coefficient (Wildman–Crippen LogP) is 0.302. The lowest BCUT2D eigenvalue weighted by molar-refractivity contribution is -0.394. The van der Waals surface area contributed by atoms with Crippen LogP contribution in [0.2, 0.25) is 0 Å². The highest BCUT2D eigenvalue weighted by atomic mass is 16.6. The second-order valence-corrected chi connectivity index (χ2v) is 2.73. The molecule has 86 valence electrons. The Morgan fingerprint density at radius 1 is 1.38 bits per heavy atom. The monoisotopic (exact) mass is 228 g/mol. The zero-order chi connectivity index (χ0) is 12.1. The molecule has 0 bridgehead atoms. The van der Waals surface area contributed by atoms with Crippen LogP contribution in [-0.2, 0) is 0 Å². The molecule has 0 saturated carbocycles. The molecule has 0 radical (unpaired) electrons. The summed E-state index contributed by atoms with van der Waals surface area (Å²) >= 11 is 0. The van der Waals surface area contributed by atoms with Gasteiger partial charge in [0.15, 0.2) is 0 Å². The molecule has 9 nitrogen and oxygen atoms in total. The van der Waals surface area contributed by atoms with Crippen LogP contribution in [0, 0.1) is 20.2 Å². The van der Waals surface area contributed by atoms with Crippen LogP contribution in [0.4, 0.5) is 17.2 Å². The quantitative estimate of drug-likeness (QED) is 0.547. The maximum absolute atomic E-state index is 10.6. The molecule has 1 heterocycles. The van der Waals surface area contributed by atoms with Crippen LogP contribution in [0.3, 0.4) is 0 Å². The Kier molecular flexibility index (Phi) is 3.67. The predicted molar refractivity (Wildman–Crippen MR) is 53.1 cm³/mol. The molecule has 1 rings (SSSR count). The summed E-state index contributed by atoms with van der Waals surface area (Å²) in [5.41, 5.74) is -0.955. The minimum Gasteiger partial charge on any atom is -0.395 e. The molecule has 0 spiro atoms. The Labute approximate surface area is 89.0 Å². The Balaban J connectivity index is 3.09. The SMILES string of the molecule is O=[N+]([O-])c1cnc(NCCO)c([N+](=O)[O-])c1. The van der Waals surface area contributed by atoms with Crippen molar-refractivity contribution in [3.63, 3.8) is 0 Å². The third kappa shape index (κ3) is 2.60. The molecule has 0 aliphatic rings. The third-order valence-electron chi connectivity index (χ3n) is 1.66. The van der Waals surface area contributed by atoms with E-state index in [-0.39, 0.29) is 19.0 Å². The van der Waals surface area contributed by atoms with Crippen LogP contribution in [0.5, 0.6) is 0 Å². The minimum atomic E-state index is -0.778. The molecule has 0 aliphatic carbocycles. The molecule has 0 aliphatic heterocycles. The van der Waals surface area contributed by atoms with E-state index in [1.165, 1.54) is 0 Å². The molecule has 0 amide bonds. The fraction of sp³-hybridized carbons (Fsp3) is 0.286. The lowest BCUT2D eigenvalue weighted by Gasteiger charge is -2.03. The van der Waals surface area contributed by atoms with Crippen molar-refractivity contribution >= 4 is 17.2 Å². The number of hydrogen-bond acceptors (Lipinski definition) is 7. The highest BCUT2D eigenvalue weighted by Crippen LogP contribution is 2.25. The number of aromatic nitrogens is 1. The Morgan fingerprint density at radius 3 is 2.56 bits per heavy atom. The Morgan fingerprint density at radius 2 is 2.06 bits per heavy atom. The van der Waals surface area contributed by atoms with Crippen molar-refractivity contribution in [2.45, 2.75) is 0 Å². The van der Waals surface area contributed by atoms with Crippen molar-refractivity contribution in [3.05, 3.63) is 32.5 Å². The van der Waals surface area contributed by atoms with E-state index in [9.17, 15) is 20.2 Å². The highest BCUT2D eigenvalue weighted by Gasteiger charge is 2.20. The topological polar surface area (TPSA) is 131 Å². The summed E-state index contributed by atoms with van der Waals surface area (Å²) in [5, 5.41) is 32.0. The number of rotatable bonds is 5. The van der Waals surface area contributed by atoms with Gasteiger partial charge < -0.3 is 10.4 Å². The fourth-order valence-corrected chi connectivity index (χ4v) is 0.992. The van der Waals surface area contributed by atoms with Gasteiger partial charge in [0, 0.05) is 6.54 Å². The van der Waals surface area contributed by atoms with Gasteiger partial charge in [0.25, 0.3) is 5.69 Å². The van der Waals surface area contributed by atoms with Gasteiger partial charge >= 0.3 is 5.69 Å². The molecular weight excluding hydrogens is 220 g/mol. The molecule has 9 heteroatoms. The van der Waals surface area contributed by atoms with Crippen molar-refractivity contribution in [1.29, 1.82) is 0 Å². The van der Waals surface area contributed by atoms with Gasteiger partial charge in [-0.3, -0.25) is 20.2 Å². The molecule has 0 atom stereocenters. The van der Waals surface area contributed by atoms with Gasteiger partial charge in [-0.2, -0.15) is 0 Å². The van der Waals surface area contributed by atoms with Crippen LogP contribution in [0.25, 0.3) is 0 Å². The second-order valence-electron chi connectivity index (χ2n) is 2.73. The number of anilines is 1. The highest BCUT2D eigenvalue weighted by molar-refractivity contribution is 5.59. The number of nitrogens with zero attached hydrogens (tertiary/aromatic N) is 3. The Hall–Kier alpha value is -2.29. The summed E-state index contributed by atoms with van der Waals surface area (Å²) < 4.78 is 0. The molecule has 2 N–H and O–H groups in total. The van der Waals surface area contributed by atoms with Crippen molar-refractivity contribution in [1.82, 2.24) is 4.98 Å². The van der Waals surface area contributed by atoms with Crippen LogP contribution in [0.15, 0.2) is 12.3 Å². The molecule has 0 fully saturated rings. The first-order valence-electron chi connectivity index (χ1n) is 4.20. The van der Waals surface area contributed by atoms with E-state index in [1.54, 1.807) is 0 Å². The zero-order valence-corrected chi connectivity index (χ0v) is 7.99. The second kappa shape index (κ2) is 4.98. The first-order chi connectivity index (χ1) is 7.56. The lowest BCUT2D eigenvalue weighted by Crippen LogP contribution is -2.09. The lowest BCUT2D eigenvalue weighted by atomic mass is 10.3. The van der Waals surface area contributed by atoms with Gasteiger partial charge in [-0.25, -0.2) is 4.98 Å². The van der Waals surface area contributed by atoms with Crippen molar-refractivity contribution in [2.24, 2.45) is 0 Å². The van der Waals surface area contributed by atoms with Gasteiger partial charge in [0.1, 0.15) is 6.20 Å². The smallest absolute Gasteiger partial charge is 0.318 e. The maximum atomic E-state index is 10.6. The van der Waals surface area contributed by atoms with E-state index in [0.717, 1.165) is 12.3 Å². The van der Waals surface area contributed by atoms with E-state index in [4.69, 9.17) is 5.11 Å². The van der Waals surface area contributed by atoms with Crippen molar-refractivity contribution in [3.8, 4) is 0 Å². The van der Waals surface area contributed by atoms with E-state index in [2.05, 4.69) is 10.3 Å². The largest absolute Gasteiger partial charge is 0.395 e. The fourth-order valence-electron chi connectivity index (χ4n) is 0.992. The van der Waals surface area contributed by atoms with E-state index in [0.29, 0.717) is 0 Å². The molecule has 16 heavy (non-hydrogen) atoms. The average Bonchev–Trinajstić information content (AvgIpc) is 2.25. The molecule has 1 aromatic rings. The summed E-state index contributed by atoms with van der Waals surface area (Å²) in [6.45, 7) is -0.151. The minimum absolute atomic E-state index is 0.0751. The van der Waals surface area contributed by atoms with Crippen LogP contribution in [0.1, 0.15) is 0 Å².